The molecule has 0 aliphatic rings. The number of rotatable bonds is 3. The number of hydrogen-bond donors (Lipinski definition) is 1. The third kappa shape index (κ3) is 3.82. The van der Waals surface area contributed by atoms with Gasteiger partial charge in [-0.25, -0.2) is 9.72 Å². The van der Waals surface area contributed by atoms with Crippen LogP contribution in [0.2, 0.25) is 0 Å². The molecule has 0 spiro atoms. The molecule has 2 rings (SSSR count). The van der Waals surface area contributed by atoms with Crippen molar-refractivity contribution in [3.63, 3.8) is 0 Å². The molecular formula is C16H19N3O. The minimum absolute atomic E-state index is 0.459. The van der Waals surface area contributed by atoms with Gasteiger partial charge >= 0.3 is 0 Å². The highest BCUT2D eigenvalue weighted by Gasteiger charge is 2.18. The summed E-state index contributed by atoms with van der Waals surface area (Å²) >= 11 is 0. The van der Waals surface area contributed by atoms with E-state index in [4.69, 9.17) is 0 Å². The first-order chi connectivity index (χ1) is 9.45. The zero-order valence-corrected chi connectivity index (χ0v) is 12.0. The molecule has 20 heavy (non-hydrogen) atoms. The maximum absolute atomic E-state index is 11.8. The lowest BCUT2D eigenvalue weighted by Gasteiger charge is -2.17. The topological polar surface area (TPSA) is 54.8 Å². The smallest absolute Gasteiger partial charge is 0.202 e. The number of H-pyrrole nitrogens is 1. The van der Waals surface area contributed by atoms with Crippen LogP contribution < -0.4 is 0 Å². The summed E-state index contributed by atoms with van der Waals surface area (Å²) in [6, 6.07) is 9.99. The van der Waals surface area contributed by atoms with E-state index in [1.54, 1.807) is 6.20 Å². The fourth-order valence-electron chi connectivity index (χ4n) is 1.56. The van der Waals surface area contributed by atoms with Crippen LogP contribution >= 0.6 is 0 Å². The van der Waals surface area contributed by atoms with Crippen molar-refractivity contribution in [1.82, 2.24) is 9.97 Å². The molecule has 104 valence electrons. The SMILES string of the molecule is CC(C)(C)/[N+]([O-])=C/c1c[nH]c(C=Cc2ccccc2)n1. The predicted octanol–water partition coefficient (Wildman–Crippen LogP) is 3.31. The van der Waals surface area contributed by atoms with Crippen LogP contribution in [0.25, 0.3) is 12.2 Å². The second kappa shape index (κ2) is 5.74. The summed E-state index contributed by atoms with van der Waals surface area (Å²) in [6.07, 6.45) is 7.08. The number of benzene rings is 1. The van der Waals surface area contributed by atoms with Gasteiger partial charge in [-0.2, -0.15) is 0 Å². The van der Waals surface area contributed by atoms with Crippen molar-refractivity contribution < 1.29 is 4.74 Å². The largest absolute Gasteiger partial charge is 0.623 e. The molecule has 0 aliphatic heterocycles. The van der Waals surface area contributed by atoms with Crippen molar-refractivity contribution in [1.29, 1.82) is 0 Å². The minimum atomic E-state index is -0.459. The number of nitrogens with zero attached hydrogens (tertiary/aromatic N) is 2. The first-order valence-electron chi connectivity index (χ1n) is 6.55. The van der Waals surface area contributed by atoms with Gasteiger partial charge in [-0.15, -0.1) is 0 Å². The van der Waals surface area contributed by atoms with Crippen LogP contribution in [-0.2, 0) is 0 Å². The Bertz CT molecular complexity index is 619. The molecule has 0 aliphatic carbocycles. The van der Waals surface area contributed by atoms with E-state index in [0.29, 0.717) is 5.69 Å². The van der Waals surface area contributed by atoms with Gasteiger partial charge in [0, 0.05) is 27.0 Å². The van der Waals surface area contributed by atoms with E-state index in [0.717, 1.165) is 16.1 Å². The molecule has 0 unspecified atom stereocenters. The lowest BCUT2D eigenvalue weighted by atomic mass is 10.1. The van der Waals surface area contributed by atoms with Gasteiger partial charge < -0.3 is 10.2 Å². The maximum atomic E-state index is 11.8. The summed E-state index contributed by atoms with van der Waals surface area (Å²) < 4.78 is 0.911. The maximum Gasteiger partial charge on any atom is 0.202 e. The molecule has 1 aromatic heterocycles. The summed E-state index contributed by atoms with van der Waals surface area (Å²) in [6.45, 7) is 5.58. The minimum Gasteiger partial charge on any atom is -0.623 e. The third-order valence-corrected chi connectivity index (χ3v) is 2.76. The van der Waals surface area contributed by atoms with E-state index < -0.39 is 5.54 Å². The Morgan fingerprint density at radius 1 is 1.15 bits per heavy atom. The standard InChI is InChI=1S/C16H19N3O/c1-16(2,3)19(20)12-14-11-17-15(18-14)10-9-13-7-5-4-6-8-13/h4-12H,1-3H3,(H,17,18)/b10-9?,19-12-. The van der Waals surface area contributed by atoms with Crippen LogP contribution in [0.4, 0.5) is 0 Å². The predicted molar refractivity (Wildman–Crippen MR) is 82.5 cm³/mol. The molecular weight excluding hydrogens is 250 g/mol. The van der Waals surface area contributed by atoms with Gasteiger partial charge in [0.15, 0.2) is 5.54 Å². The number of hydroxylamine groups is 1. The second-order valence-corrected chi connectivity index (χ2v) is 5.58. The van der Waals surface area contributed by atoms with Crippen LogP contribution in [0, 0.1) is 5.21 Å². The molecule has 4 nitrogen and oxygen atoms in total. The number of aromatic nitrogens is 2. The third-order valence-electron chi connectivity index (χ3n) is 2.76. The van der Waals surface area contributed by atoms with Gasteiger partial charge in [0.1, 0.15) is 11.5 Å². The average molecular weight is 269 g/mol. The number of nitrogens with one attached hydrogen (secondary N) is 1. The van der Waals surface area contributed by atoms with Gasteiger partial charge in [0.05, 0.1) is 0 Å². The zero-order valence-electron chi connectivity index (χ0n) is 12.0. The van der Waals surface area contributed by atoms with E-state index in [2.05, 4.69) is 9.97 Å². The van der Waals surface area contributed by atoms with Gasteiger partial charge in [-0.3, -0.25) is 0 Å². The van der Waals surface area contributed by atoms with E-state index >= 15 is 0 Å². The fraction of sp³-hybridized carbons (Fsp3) is 0.250. The molecule has 0 atom stereocenters. The van der Waals surface area contributed by atoms with Gasteiger partial charge in [0.25, 0.3) is 0 Å². The lowest BCUT2D eigenvalue weighted by molar-refractivity contribution is -0.530. The van der Waals surface area contributed by atoms with Crippen LogP contribution in [0.1, 0.15) is 37.9 Å². The number of imidazole rings is 1. The van der Waals surface area contributed by atoms with Crippen LogP contribution in [0.15, 0.2) is 36.5 Å². The Hall–Kier alpha value is -2.36. The monoisotopic (exact) mass is 269 g/mol. The Morgan fingerprint density at radius 2 is 1.85 bits per heavy atom. The van der Waals surface area contributed by atoms with E-state index in [-0.39, 0.29) is 0 Å². The van der Waals surface area contributed by atoms with E-state index in [1.165, 1.54) is 6.21 Å². The highest BCUT2D eigenvalue weighted by Crippen LogP contribution is 2.07. The van der Waals surface area contributed by atoms with Gasteiger partial charge in [-0.05, 0) is 11.6 Å². The molecule has 0 saturated carbocycles. The van der Waals surface area contributed by atoms with Crippen molar-refractivity contribution in [2.45, 2.75) is 26.3 Å². The lowest BCUT2D eigenvalue weighted by Crippen LogP contribution is -2.29. The molecule has 1 heterocycles. The molecule has 4 heteroatoms. The molecule has 1 N–H and O–H groups in total. The quantitative estimate of drug-likeness (QED) is 0.402. The molecule has 2 aromatic rings. The Kier molecular flexibility index (Phi) is 4.03. The van der Waals surface area contributed by atoms with Gasteiger partial charge in [0.2, 0.25) is 6.21 Å². The highest BCUT2D eigenvalue weighted by atomic mass is 16.5. The van der Waals surface area contributed by atoms with Gasteiger partial charge in [-0.1, -0.05) is 36.4 Å². The number of aromatic amines is 1. The summed E-state index contributed by atoms with van der Waals surface area (Å²) in [4.78, 5) is 7.38. The Balaban J connectivity index is 2.12. The Morgan fingerprint density at radius 3 is 2.50 bits per heavy atom. The average Bonchev–Trinajstić information content (AvgIpc) is 2.84. The van der Waals surface area contributed by atoms with Crippen molar-refractivity contribution in [2.24, 2.45) is 0 Å². The van der Waals surface area contributed by atoms with E-state index in [1.807, 2.05) is 63.3 Å². The Labute approximate surface area is 119 Å². The molecule has 0 fully saturated rings. The second-order valence-electron chi connectivity index (χ2n) is 5.58. The first-order valence-corrected chi connectivity index (χ1v) is 6.55. The van der Waals surface area contributed by atoms with Crippen molar-refractivity contribution in [3.05, 3.63) is 58.8 Å². The molecule has 0 amide bonds. The van der Waals surface area contributed by atoms with Crippen LogP contribution in [-0.4, -0.2) is 26.5 Å². The highest BCUT2D eigenvalue weighted by molar-refractivity contribution is 5.74. The van der Waals surface area contributed by atoms with Crippen LogP contribution in [0.5, 0.6) is 0 Å². The zero-order chi connectivity index (χ0) is 14.6. The summed E-state index contributed by atoms with van der Waals surface area (Å²) in [7, 11) is 0. The van der Waals surface area contributed by atoms with E-state index in [9.17, 15) is 5.21 Å². The fourth-order valence-corrected chi connectivity index (χ4v) is 1.56. The number of hydrogen-bond acceptors (Lipinski definition) is 2. The summed E-state index contributed by atoms with van der Waals surface area (Å²) in [5.74, 6) is 0.724. The normalized spacial score (nSPS) is 13.1. The van der Waals surface area contributed by atoms with Crippen LogP contribution in [0.3, 0.4) is 0 Å². The van der Waals surface area contributed by atoms with Crippen molar-refractivity contribution in [2.75, 3.05) is 0 Å². The summed E-state index contributed by atoms with van der Waals surface area (Å²) in [5, 5.41) is 11.8. The van der Waals surface area contributed by atoms with Crippen molar-refractivity contribution >= 4 is 18.4 Å². The molecule has 0 bridgehead atoms. The molecule has 1 aromatic carbocycles. The summed E-state index contributed by atoms with van der Waals surface area (Å²) in [5.41, 5.74) is 1.27. The van der Waals surface area contributed by atoms with Crippen molar-refractivity contribution in [3.8, 4) is 0 Å². The first kappa shape index (κ1) is 14.1. The molecule has 0 saturated heterocycles. The molecule has 0 radical (unpaired) electrons.